The minimum absolute atomic E-state index is 0.286. The van der Waals surface area contributed by atoms with Crippen molar-refractivity contribution in [3.63, 3.8) is 0 Å². The fraction of sp³-hybridized carbons (Fsp3) is 0.455. The number of pyridine rings is 1. The van der Waals surface area contributed by atoms with Crippen molar-refractivity contribution < 1.29 is 14.6 Å². The molecule has 4 nitrogen and oxygen atoms in total. The molecule has 88 valence electrons. The SMILES string of the molecule is COCCCCSc1cc(C(=O)O)ccn1. The second-order valence-electron chi connectivity index (χ2n) is 3.24. The lowest BCUT2D eigenvalue weighted by Crippen LogP contribution is -1.97. The Hall–Kier alpha value is -1.07. The van der Waals surface area contributed by atoms with Gasteiger partial charge >= 0.3 is 5.97 Å². The maximum Gasteiger partial charge on any atom is 0.335 e. The van der Waals surface area contributed by atoms with Gasteiger partial charge in [0.15, 0.2) is 0 Å². The molecule has 0 aromatic carbocycles. The molecule has 0 saturated carbocycles. The molecule has 0 aliphatic heterocycles. The van der Waals surface area contributed by atoms with E-state index in [-0.39, 0.29) is 5.56 Å². The molecule has 0 fully saturated rings. The topological polar surface area (TPSA) is 59.4 Å². The molecule has 5 heteroatoms. The molecule has 1 N–H and O–H groups in total. The highest BCUT2D eigenvalue weighted by Crippen LogP contribution is 2.17. The Morgan fingerprint density at radius 1 is 1.56 bits per heavy atom. The van der Waals surface area contributed by atoms with Crippen molar-refractivity contribution in [1.29, 1.82) is 0 Å². The molecule has 0 radical (unpaired) electrons. The summed E-state index contributed by atoms with van der Waals surface area (Å²) >= 11 is 1.57. The summed E-state index contributed by atoms with van der Waals surface area (Å²) in [5, 5.41) is 9.56. The molecule has 0 unspecified atom stereocenters. The molecule has 0 aliphatic rings. The summed E-state index contributed by atoms with van der Waals surface area (Å²) in [6, 6.07) is 3.10. The number of rotatable bonds is 7. The predicted molar refractivity (Wildman–Crippen MR) is 63.0 cm³/mol. The maximum absolute atomic E-state index is 10.7. The molecular weight excluding hydrogens is 226 g/mol. The van der Waals surface area contributed by atoms with E-state index in [0.29, 0.717) is 0 Å². The third kappa shape index (κ3) is 4.63. The zero-order valence-electron chi connectivity index (χ0n) is 9.18. The van der Waals surface area contributed by atoms with Crippen LogP contribution in [0, 0.1) is 0 Å². The first-order chi connectivity index (χ1) is 7.74. The second-order valence-corrected chi connectivity index (χ2v) is 4.35. The minimum atomic E-state index is -0.913. The molecule has 1 aromatic rings. The van der Waals surface area contributed by atoms with Gasteiger partial charge in [0.05, 0.1) is 10.6 Å². The minimum Gasteiger partial charge on any atom is -0.478 e. The Morgan fingerprint density at radius 2 is 2.38 bits per heavy atom. The number of carboxylic acids is 1. The number of methoxy groups -OCH3 is 1. The number of carboxylic acid groups (broad SMARTS) is 1. The number of nitrogens with zero attached hydrogens (tertiary/aromatic N) is 1. The summed E-state index contributed by atoms with van der Waals surface area (Å²) in [7, 11) is 1.69. The molecule has 0 amide bonds. The molecule has 0 aliphatic carbocycles. The number of thioether (sulfide) groups is 1. The van der Waals surface area contributed by atoms with Crippen molar-refractivity contribution >= 4 is 17.7 Å². The van der Waals surface area contributed by atoms with Crippen LogP contribution in [0.4, 0.5) is 0 Å². The first-order valence-corrected chi connectivity index (χ1v) is 6.03. The number of ether oxygens (including phenoxy) is 1. The lowest BCUT2D eigenvalue weighted by Gasteiger charge is -2.01. The van der Waals surface area contributed by atoms with Gasteiger partial charge in [0.2, 0.25) is 0 Å². The molecule has 0 saturated heterocycles. The van der Waals surface area contributed by atoms with Gasteiger partial charge in [-0.15, -0.1) is 11.8 Å². The van der Waals surface area contributed by atoms with Crippen LogP contribution in [-0.2, 0) is 4.74 Å². The van der Waals surface area contributed by atoms with Crippen LogP contribution in [0.25, 0.3) is 0 Å². The quantitative estimate of drug-likeness (QED) is 0.586. The zero-order chi connectivity index (χ0) is 11.8. The van der Waals surface area contributed by atoms with Gasteiger partial charge in [0.1, 0.15) is 0 Å². The Labute approximate surface area is 99.0 Å². The lowest BCUT2D eigenvalue weighted by molar-refractivity contribution is 0.0696. The van der Waals surface area contributed by atoms with Crippen molar-refractivity contribution in [3.8, 4) is 0 Å². The average molecular weight is 241 g/mol. The molecule has 0 bridgehead atoms. The number of unbranched alkanes of at least 4 members (excludes halogenated alkanes) is 1. The molecule has 16 heavy (non-hydrogen) atoms. The number of carbonyl (C=O) groups is 1. The van der Waals surface area contributed by atoms with E-state index in [1.807, 2.05) is 0 Å². The van der Waals surface area contributed by atoms with E-state index in [9.17, 15) is 4.79 Å². The third-order valence-corrected chi connectivity index (χ3v) is 2.99. The van der Waals surface area contributed by atoms with Gasteiger partial charge in [0.25, 0.3) is 0 Å². The van der Waals surface area contributed by atoms with Crippen molar-refractivity contribution in [2.75, 3.05) is 19.5 Å². The molecule has 1 aromatic heterocycles. The van der Waals surface area contributed by atoms with E-state index in [0.717, 1.165) is 30.2 Å². The Balaban J connectivity index is 2.36. The van der Waals surface area contributed by atoms with Gasteiger partial charge in [0, 0.05) is 19.9 Å². The summed E-state index contributed by atoms with van der Waals surface area (Å²) in [4.78, 5) is 14.8. The fourth-order valence-corrected chi connectivity index (χ4v) is 2.05. The molecule has 0 spiro atoms. The summed E-state index contributed by atoms with van der Waals surface area (Å²) < 4.78 is 4.94. The number of hydrogen-bond donors (Lipinski definition) is 1. The van der Waals surface area contributed by atoms with Gasteiger partial charge in [-0.05, 0) is 30.7 Å². The predicted octanol–water partition coefficient (Wildman–Crippen LogP) is 2.30. The number of aromatic carboxylic acids is 1. The van der Waals surface area contributed by atoms with E-state index in [1.165, 1.54) is 12.3 Å². The van der Waals surface area contributed by atoms with Crippen LogP contribution in [0.3, 0.4) is 0 Å². The largest absolute Gasteiger partial charge is 0.478 e. The molecular formula is C11H15NO3S. The number of aromatic nitrogens is 1. The summed E-state index contributed by atoms with van der Waals surface area (Å²) in [6.45, 7) is 0.767. The smallest absolute Gasteiger partial charge is 0.335 e. The van der Waals surface area contributed by atoms with Crippen LogP contribution >= 0.6 is 11.8 Å². The van der Waals surface area contributed by atoms with Gasteiger partial charge in [-0.1, -0.05) is 0 Å². The summed E-state index contributed by atoms with van der Waals surface area (Å²) in [5.74, 6) is 0.0167. The zero-order valence-corrected chi connectivity index (χ0v) is 10.00. The summed E-state index contributed by atoms with van der Waals surface area (Å²) in [6.07, 6.45) is 3.58. The molecule has 1 rings (SSSR count). The highest BCUT2D eigenvalue weighted by Gasteiger charge is 2.04. The fourth-order valence-electron chi connectivity index (χ4n) is 1.15. The van der Waals surface area contributed by atoms with Crippen LogP contribution in [0.5, 0.6) is 0 Å². The average Bonchev–Trinajstić information content (AvgIpc) is 2.29. The normalized spacial score (nSPS) is 10.3. The van der Waals surface area contributed by atoms with Crippen LogP contribution in [0.15, 0.2) is 23.4 Å². The van der Waals surface area contributed by atoms with Crippen molar-refractivity contribution in [2.24, 2.45) is 0 Å². The van der Waals surface area contributed by atoms with Crippen LogP contribution in [0.2, 0.25) is 0 Å². The maximum atomic E-state index is 10.7. The standard InChI is InChI=1S/C11H15NO3S/c1-15-6-2-3-7-16-10-8-9(11(13)14)4-5-12-10/h4-5,8H,2-3,6-7H2,1H3,(H,13,14). The first kappa shape index (κ1) is 13.0. The number of hydrogen-bond acceptors (Lipinski definition) is 4. The first-order valence-electron chi connectivity index (χ1n) is 5.05. The van der Waals surface area contributed by atoms with E-state index < -0.39 is 5.97 Å². The van der Waals surface area contributed by atoms with Gasteiger partial charge < -0.3 is 9.84 Å². The van der Waals surface area contributed by atoms with Crippen molar-refractivity contribution in [2.45, 2.75) is 17.9 Å². The van der Waals surface area contributed by atoms with E-state index in [1.54, 1.807) is 24.9 Å². The Kier molecular flexibility index (Phi) is 5.88. The Morgan fingerprint density at radius 3 is 3.06 bits per heavy atom. The van der Waals surface area contributed by atoms with Crippen molar-refractivity contribution in [1.82, 2.24) is 4.98 Å². The van der Waals surface area contributed by atoms with Crippen LogP contribution in [0.1, 0.15) is 23.2 Å². The van der Waals surface area contributed by atoms with E-state index in [2.05, 4.69) is 4.98 Å². The third-order valence-electron chi connectivity index (χ3n) is 1.97. The van der Waals surface area contributed by atoms with Crippen molar-refractivity contribution in [3.05, 3.63) is 23.9 Å². The monoisotopic (exact) mass is 241 g/mol. The van der Waals surface area contributed by atoms with Gasteiger partial charge in [-0.3, -0.25) is 0 Å². The highest BCUT2D eigenvalue weighted by molar-refractivity contribution is 7.99. The van der Waals surface area contributed by atoms with E-state index >= 15 is 0 Å². The summed E-state index contributed by atoms with van der Waals surface area (Å²) in [5.41, 5.74) is 0.286. The molecule has 1 heterocycles. The highest BCUT2D eigenvalue weighted by atomic mass is 32.2. The van der Waals surface area contributed by atoms with Gasteiger partial charge in [-0.2, -0.15) is 0 Å². The Bertz CT molecular complexity index is 344. The van der Waals surface area contributed by atoms with E-state index in [4.69, 9.17) is 9.84 Å². The lowest BCUT2D eigenvalue weighted by atomic mass is 10.3. The second kappa shape index (κ2) is 7.24. The van der Waals surface area contributed by atoms with Crippen LogP contribution < -0.4 is 0 Å². The van der Waals surface area contributed by atoms with Crippen LogP contribution in [-0.4, -0.2) is 35.5 Å². The van der Waals surface area contributed by atoms with Gasteiger partial charge in [-0.25, -0.2) is 9.78 Å². The molecule has 0 atom stereocenters.